The summed E-state index contributed by atoms with van der Waals surface area (Å²) in [6.45, 7) is 1.49. The molecule has 0 atom stereocenters. The Labute approximate surface area is 106 Å². The van der Waals surface area contributed by atoms with Crippen LogP contribution in [0.25, 0.3) is 0 Å². The summed E-state index contributed by atoms with van der Waals surface area (Å²) in [7, 11) is 0. The van der Waals surface area contributed by atoms with E-state index in [0.29, 0.717) is 25.5 Å². The average molecular weight is 245 g/mol. The third-order valence-electron chi connectivity index (χ3n) is 2.39. The maximum absolute atomic E-state index is 11.5. The summed E-state index contributed by atoms with van der Waals surface area (Å²) in [5, 5.41) is 2.71. The molecular weight excluding hydrogens is 230 g/mol. The molecule has 1 aromatic carbocycles. The van der Waals surface area contributed by atoms with Crippen molar-refractivity contribution in [3.05, 3.63) is 60.1 Å². The smallest absolute Gasteiger partial charge is 0.287 e. The van der Waals surface area contributed by atoms with Gasteiger partial charge in [0.2, 0.25) is 0 Å². The first-order valence-corrected chi connectivity index (χ1v) is 5.79. The maximum atomic E-state index is 11.5. The van der Waals surface area contributed by atoms with Crippen molar-refractivity contribution in [1.29, 1.82) is 0 Å². The summed E-state index contributed by atoms with van der Waals surface area (Å²) in [5.74, 6) is 0.0985. The lowest BCUT2D eigenvalue weighted by Gasteiger charge is -2.05. The largest absolute Gasteiger partial charge is 0.459 e. The number of amides is 1. The average Bonchev–Trinajstić information content (AvgIpc) is 2.93. The zero-order valence-corrected chi connectivity index (χ0v) is 9.96. The van der Waals surface area contributed by atoms with Crippen LogP contribution in [0.5, 0.6) is 0 Å². The molecule has 0 aliphatic heterocycles. The SMILES string of the molecule is O=C(NCCOCc1ccccc1)c1ccco1. The van der Waals surface area contributed by atoms with Crippen LogP contribution in [0.3, 0.4) is 0 Å². The molecule has 18 heavy (non-hydrogen) atoms. The Bertz CT molecular complexity index is 465. The quantitative estimate of drug-likeness (QED) is 0.794. The molecule has 0 saturated carbocycles. The summed E-state index contributed by atoms with van der Waals surface area (Å²) < 4.78 is 10.4. The van der Waals surface area contributed by atoms with Gasteiger partial charge in [-0.05, 0) is 17.7 Å². The van der Waals surface area contributed by atoms with Gasteiger partial charge in [0.1, 0.15) is 0 Å². The van der Waals surface area contributed by atoms with Gasteiger partial charge in [-0.3, -0.25) is 4.79 Å². The molecule has 4 heteroatoms. The van der Waals surface area contributed by atoms with Gasteiger partial charge < -0.3 is 14.5 Å². The molecule has 0 bridgehead atoms. The second kappa shape index (κ2) is 6.61. The minimum atomic E-state index is -0.219. The van der Waals surface area contributed by atoms with Gasteiger partial charge in [0.25, 0.3) is 5.91 Å². The predicted octanol–water partition coefficient (Wildman–Crippen LogP) is 2.23. The Morgan fingerprint density at radius 1 is 1.17 bits per heavy atom. The van der Waals surface area contributed by atoms with Crippen molar-refractivity contribution < 1.29 is 13.9 Å². The molecule has 0 radical (unpaired) electrons. The van der Waals surface area contributed by atoms with Crippen LogP contribution in [-0.4, -0.2) is 19.1 Å². The predicted molar refractivity (Wildman–Crippen MR) is 67.1 cm³/mol. The van der Waals surface area contributed by atoms with E-state index in [-0.39, 0.29) is 5.91 Å². The van der Waals surface area contributed by atoms with Crippen molar-refractivity contribution in [1.82, 2.24) is 5.32 Å². The van der Waals surface area contributed by atoms with Crippen molar-refractivity contribution in [2.45, 2.75) is 6.61 Å². The molecule has 0 saturated heterocycles. The van der Waals surface area contributed by atoms with E-state index in [4.69, 9.17) is 9.15 Å². The van der Waals surface area contributed by atoms with E-state index >= 15 is 0 Å². The molecule has 0 fully saturated rings. The van der Waals surface area contributed by atoms with Crippen LogP contribution in [-0.2, 0) is 11.3 Å². The van der Waals surface area contributed by atoms with Gasteiger partial charge in [0.15, 0.2) is 5.76 Å². The minimum Gasteiger partial charge on any atom is -0.459 e. The minimum absolute atomic E-state index is 0.219. The second-order valence-corrected chi connectivity index (χ2v) is 3.77. The molecule has 2 aromatic rings. The highest BCUT2D eigenvalue weighted by molar-refractivity contribution is 5.91. The third-order valence-corrected chi connectivity index (χ3v) is 2.39. The van der Waals surface area contributed by atoms with Crippen molar-refractivity contribution in [3.63, 3.8) is 0 Å². The number of carbonyl (C=O) groups excluding carboxylic acids is 1. The molecule has 1 aromatic heterocycles. The highest BCUT2D eigenvalue weighted by Crippen LogP contribution is 2.00. The van der Waals surface area contributed by atoms with E-state index in [1.807, 2.05) is 30.3 Å². The Balaban J connectivity index is 1.61. The molecule has 0 spiro atoms. The first-order chi connectivity index (χ1) is 8.86. The van der Waals surface area contributed by atoms with Gasteiger partial charge in [-0.15, -0.1) is 0 Å². The number of hydrogen-bond acceptors (Lipinski definition) is 3. The van der Waals surface area contributed by atoms with E-state index in [0.717, 1.165) is 5.56 Å². The lowest BCUT2D eigenvalue weighted by Crippen LogP contribution is -2.26. The fourth-order valence-corrected chi connectivity index (χ4v) is 1.50. The normalized spacial score (nSPS) is 10.2. The number of furan rings is 1. The topological polar surface area (TPSA) is 51.5 Å². The lowest BCUT2D eigenvalue weighted by atomic mass is 10.2. The number of nitrogens with one attached hydrogen (secondary N) is 1. The van der Waals surface area contributed by atoms with Crippen LogP contribution in [0.15, 0.2) is 53.1 Å². The fraction of sp³-hybridized carbons (Fsp3) is 0.214. The van der Waals surface area contributed by atoms with Crippen LogP contribution >= 0.6 is 0 Å². The van der Waals surface area contributed by atoms with Gasteiger partial charge in [0.05, 0.1) is 19.5 Å². The Morgan fingerprint density at radius 2 is 2.00 bits per heavy atom. The Morgan fingerprint density at radius 3 is 2.72 bits per heavy atom. The first-order valence-electron chi connectivity index (χ1n) is 5.79. The first kappa shape index (κ1) is 12.4. The Kier molecular flexibility index (Phi) is 4.55. The third kappa shape index (κ3) is 3.75. The zero-order chi connectivity index (χ0) is 12.6. The molecule has 4 nitrogen and oxygen atoms in total. The van der Waals surface area contributed by atoms with E-state index in [2.05, 4.69) is 5.32 Å². The van der Waals surface area contributed by atoms with Crippen LogP contribution in [0, 0.1) is 0 Å². The zero-order valence-electron chi connectivity index (χ0n) is 9.96. The van der Waals surface area contributed by atoms with Crippen molar-refractivity contribution in [2.24, 2.45) is 0 Å². The highest BCUT2D eigenvalue weighted by Gasteiger charge is 2.06. The van der Waals surface area contributed by atoms with Crippen LogP contribution in [0.2, 0.25) is 0 Å². The number of ether oxygens (including phenoxy) is 1. The van der Waals surface area contributed by atoms with Crippen molar-refractivity contribution in [2.75, 3.05) is 13.2 Å². The van der Waals surface area contributed by atoms with Crippen LogP contribution in [0.1, 0.15) is 16.1 Å². The van der Waals surface area contributed by atoms with Gasteiger partial charge in [-0.25, -0.2) is 0 Å². The van der Waals surface area contributed by atoms with Gasteiger partial charge in [0, 0.05) is 6.54 Å². The van der Waals surface area contributed by atoms with Crippen LogP contribution in [0.4, 0.5) is 0 Å². The molecule has 1 amide bonds. The summed E-state index contributed by atoms with van der Waals surface area (Å²) in [6, 6.07) is 13.2. The van der Waals surface area contributed by atoms with Gasteiger partial charge in [-0.2, -0.15) is 0 Å². The standard InChI is InChI=1S/C14H15NO3/c16-14(13-7-4-9-18-13)15-8-10-17-11-12-5-2-1-3-6-12/h1-7,9H,8,10-11H2,(H,15,16). The summed E-state index contributed by atoms with van der Waals surface area (Å²) in [5.41, 5.74) is 1.12. The monoisotopic (exact) mass is 245 g/mol. The molecule has 0 aliphatic carbocycles. The second-order valence-electron chi connectivity index (χ2n) is 3.77. The van der Waals surface area contributed by atoms with Gasteiger partial charge in [-0.1, -0.05) is 30.3 Å². The van der Waals surface area contributed by atoms with Gasteiger partial charge >= 0.3 is 0 Å². The molecule has 1 heterocycles. The summed E-state index contributed by atoms with van der Waals surface area (Å²) in [6.07, 6.45) is 1.47. The maximum Gasteiger partial charge on any atom is 0.287 e. The highest BCUT2D eigenvalue weighted by atomic mass is 16.5. The van der Waals surface area contributed by atoms with E-state index < -0.39 is 0 Å². The number of hydrogen-bond donors (Lipinski definition) is 1. The fourth-order valence-electron chi connectivity index (χ4n) is 1.50. The molecule has 0 aliphatic rings. The van der Waals surface area contributed by atoms with Crippen molar-refractivity contribution >= 4 is 5.91 Å². The van der Waals surface area contributed by atoms with Crippen LogP contribution < -0.4 is 5.32 Å². The molecule has 1 N–H and O–H groups in total. The number of carbonyl (C=O) groups is 1. The van der Waals surface area contributed by atoms with E-state index in [1.54, 1.807) is 12.1 Å². The molecule has 94 valence electrons. The summed E-state index contributed by atoms with van der Waals surface area (Å²) >= 11 is 0. The summed E-state index contributed by atoms with van der Waals surface area (Å²) in [4.78, 5) is 11.5. The lowest BCUT2D eigenvalue weighted by molar-refractivity contribution is 0.0875. The number of rotatable bonds is 6. The molecule has 0 unspecified atom stereocenters. The van der Waals surface area contributed by atoms with E-state index in [9.17, 15) is 4.79 Å². The number of benzene rings is 1. The van der Waals surface area contributed by atoms with Crippen molar-refractivity contribution in [3.8, 4) is 0 Å². The molecular formula is C14H15NO3. The van der Waals surface area contributed by atoms with E-state index in [1.165, 1.54) is 6.26 Å². The molecule has 2 rings (SSSR count). The Hall–Kier alpha value is -2.07.